The van der Waals surface area contributed by atoms with Crippen LogP contribution in [0.15, 0.2) is 60.3 Å². The van der Waals surface area contributed by atoms with Gasteiger partial charge in [0.2, 0.25) is 0 Å². The Balaban J connectivity index is 1.89. The Bertz CT molecular complexity index is 1770. The van der Waals surface area contributed by atoms with Gasteiger partial charge in [0.1, 0.15) is 5.75 Å². The lowest BCUT2D eigenvalue weighted by atomic mass is 9.95. The lowest BCUT2D eigenvalue weighted by Gasteiger charge is -2.25. The molecule has 4 rings (SSSR count). The molecule has 0 radical (unpaired) electrons. The van der Waals surface area contributed by atoms with Gasteiger partial charge in [0, 0.05) is 0 Å². The molecule has 0 saturated carbocycles. The van der Waals surface area contributed by atoms with Crippen LogP contribution in [0, 0.1) is 0 Å². The van der Waals surface area contributed by atoms with Gasteiger partial charge in [0.25, 0.3) is 5.56 Å². The number of fused-ring (bicyclic) bond motifs is 1. The van der Waals surface area contributed by atoms with Gasteiger partial charge in [-0.3, -0.25) is 9.36 Å². The van der Waals surface area contributed by atoms with Crippen molar-refractivity contribution in [2.24, 2.45) is 4.99 Å². The molecule has 13 heteroatoms. The third-order valence-electron chi connectivity index (χ3n) is 6.35. The third-order valence-corrected chi connectivity index (χ3v) is 8.51. The van der Waals surface area contributed by atoms with Gasteiger partial charge in [-0.15, -0.1) is 0 Å². The van der Waals surface area contributed by atoms with Crippen molar-refractivity contribution in [3.05, 3.63) is 81.4 Å². The molecule has 44 heavy (non-hydrogen) atoms. The zero-order valence-corrected chi connectivity index (χ0v) is 29.1. The SMILES string of the molecule is CCOC(=O)C1=C(C)N=c2s/c(=C/c3cc(Br)c(OC(C)C)c(Br)c3)c(=O)n2[C@H]1c1ccc(OCC(=O)OC)c(OCC)c1. The minimum atomic E-state index is -0.860. The maximum absolute atomic E-state index is 14.1. The number of ether oxygens (including phenoxy) is 5. The fourth-order valence-corrected chi connectivity index (χ4v) is 7.00. The van der Waals surface area contributed by atoms with Gasteiger partial charge in [-0.1, -0.05) is 17.4 Å². The predicted octanol–water partition coefficient (Wildman–Crippen LogP) is 5.06. The van der Waals surface area contributed by atoms with E-state index >= 15 is 0 Å². The molecule has 3 aromatic rings. The summed E-state index contributed by atoms with van der Waals surface area (Å²) in [6.45, 7) is 9.28. The lowest BCUT2D eigenvalue weighted by Crippen LogP contribution is -2.40. The van der Waals surface area contributed by atoms with E-state index in [0.29, 0.717) is 44.4 Å². The number of carbonyl (C=O) groups excluding carboxylic acids is 2. The van der Waals surface area contributed by atoms with Gasteiger partial charge in [-0.05, 0) is 108 Å². The number of benzene rings is 2. The van der Waals surface area contributed by atoms with Crippen molar-refractivity contribution in [1.82, 2.24) is 4.57 Å². The summed E-state index contributed by atoms with van der Waals surface area (Å²) in [6.07, 6.45) is 1.75. The minimum absolute atomic E-state index is 0.0225. The molecule has 234 valence electrons. The highest BCUT2D eigenvalue weighted by molar-refractivity contribution is 9.11. The van der Waals surface area contributed by atoms with Gasteiger partial charge in [-0.25, -0.2) is 14.6 Å². The number of thiazole rings is 1. The molecule has 0 aliphatic carbocycles. The second-order valence-corrected chi connectivity index (χ2v) is 12.5. The van der Waals surface area contributed by atoms with Gasteiger partial charge < -0.3 is 23.7 Å². The van der Waals surface area contributed by atoms with Crippen LogP contribution in [0.2, 0.25) is 0 Å². The Hall–Kier alpha value is -3.42. The van der Waals surface area contributed by atoms with E-state index < -0.39 is 18.0 Å². The minimum Gasteiger partial charge on any atom is -0.490 e. The first-order valence-corrected chi connectivity index (χ1v) is 16.2. The molecule has 0 saturated heterocycles. The van der Waals surface area contributed by atoms with Crippen molar-refractivity contribution in [2.75, 3.05) is 26.9 Å². The zero-order valence-electron chi connectivity index (χ0n) is 25.1. The molecule has 2 heterocycles. The fraction of sp³-hybridized carbons (Fsp3) is 0.355. The van der Waals surface area contributed by atoms with Crippen LogP contribution in [0.4, 0.5) is 0 Å². The molecule has 1 atom stereocenters. The maximum atomic E-state index is 14.1. The van der Waals surface area contributed by atoms with Crippen LogP contribution in [0.25, 0.3) is 6.08 Å². The van der Waals surface area contributed by atoms with Gasteiger partial charge in [-0.2, -0.15) is 0 Å². The molecule has 0 spiro atoms. The third kappa shape index (κ3) is 7.27. The number of nitrogens with zero attached hydrogens (tertiary/aromatic N) is 2. The first kappa shape index (κ1) is 33.5. The molecule has 2 aromatic carbocycles. The molecule has 0 N–H and O–H groups in total. The number of aromatic nitrogens is 1. The van der Waals surface area contributed by atoms with Crippen molar-refractivity contribution in [1.29, 1.82) is 0 Å². The standard InChI is InChI=1S/C31H32Br2N2O8S/c1-7-40-23-14-19(9-10-22(23)42-15-25(36)39-6)27-26(30(38)41-8-2)17(5)34-31-35(27)29(37)24(44-31)13-18-11-20(32)28(21(33)12-18)43-16(3)4/h9-14,16,27H,7-8,15H2,1-6H3/b24-13+/t27-/m0/s1. The highest BCUT2D eigenvalue weighted by Crippen LogP contribution is 2.37. The number of halogens is 2. The van der Waals surface area contributed by atoms with Crippen LogP contribution in [0.5, 0.6) is 17.2 Å². The van der Waals surface area contributed by atoms with E-state index in [1.165, 1.54) is 23.0 Å². The largest absolute Gasteiger partial charge is 0.490 e. The monoisotopic (exact) mass is 750 g/mol. The number of esters is 2. The highest BCUT2D eigenvalue weighted by Gasteiger charge is 2.34. The first-order chi connectivity index (χ1) is 21.0. The molecule has 1 aliphatic rings. The summed E-state index contributed by atoms with van der Waals surface area (Å²) in [5.41, 5.74) is 1.67. The number of hydrogen-bond acceptors (Lipinski definition) is 10. The zero-order chi connectivity index (χ0) is 32.1. The summed E-state index contributed by atoms with van der Waals surface area (Å²) >= 11 is 8.36. The van der Waals surface area contributed by atoms with Crippen molar-refractivity contribution >= 4 is 61.2 Å². The number of allylic oxidation sites excluding steroid dienone is 1. The van der Waals surface area contributed by atoms with Crippen LogP contribution in [0.1, 0.15) is 51.8 Å². The lowest BCUT2D eigenvalue weighted by molar-refractivity contribution is -0.143. The Morgan fingerprint density at radius 1 is 1.07 bits per heavy atom. The molecule has 0 amide bonds. The summed E-state index contributed by atoms with van der Waals surface area (Å²) in [6, 6.07) is 7.92. The van der Waals surface area contributed by atoms with Gasteiger partial charge in [0.05, 0.1) is 57.2 Å². The first-order valence-electron chi connectivity index (χ1n) is 13.8. The molecule has 10 nitrogen and oxygen atoms in total. The van der Waals surface area contributed by atoms with E-state index in [4.69, 9.17) is 18.9 Å². The van der Waals surface area contributed by atoms with Crippen LogP contribution < -0.4 is 29.1 Å². The van der Waals surface area contributed by atoms with E-state index in [-0.39, 0.29) is 30.5 Å². The average Bonchev–Trinajstić information content (AvgIpc) is 3.27. The van der Waals surface area contributed by atoms with Crippen LogP contribution in [-0.2, 0) is 19.1 Å². The molecule has 0 unspecified atom stereocenters. The number of rotatable bonds is 11. The van der Waals surface area contributed by atoms with E-state index in [0.717, 1.165) is 14.5 Å². The van der Waals surface area contributed by atoms with Crippen LogP contribution in [-0.4, -0.2) is 49.5 Å². The Kier molecular flexibility index (Phi) is 11.1. The van der Waals surface area contributed by atoms with E-state index in [1.807, 2.05) is 32.9 Å². The van der Waals surface area contributed by atoms with E-state index in [9.17, 15) is 14.4 Å². The topological polar surface area (TPSA) is 115 Å². The van der Waals surface area contributed by atoms with Gasteiger partial charge in [0.15, 0.2) is 22.9 Å². The normalized spacial score (nSPS) is 14.7. The van der Waals surface area contributed by atoms with Crippen LogP contribution in [0.3, 0.4) is 0 Å². The fourth-order valence-electron chi connectivity index (χ4n) is 4.55. The number of carbonyl (C=O) groups is 2. The van der Waals surface area contributed by atoms with Crippen molar-refractivity contribution in [3.63, 3.8) is 0 Å². The molecule has 0 fully saturated rings. The highest BCUT2D eigenvalue weighted by atomic mass is 79.9. The second-order valence-electron chi connectivity index (χ2n) is 9.79. The average molecular weight is 752 g/mol. The van der Waals surface area contributed by atoms with E-state index in [2.05, 4.69) is 41.6 Å². The Labute approximate surface area is 275 Å². The van der Waals surface area contributed by atoms with Gasteiger partial charge >= 0.3 is 11.9 Å². The summed E-state index contributed by atoms with van der Waals surface area (Å²) in [5.74, 6) is 0.191. The quantitative estimate of drug-likeness (QED) is 0.250. The molecular weight excluding hydrogens is 720 g/mol. The summed E-state index contributed by atoms with van der Waals surface area (Å²) in [7, 11) is 1.27. The summed E-state index contributed by atoms with van der Waals surface area (Å²) in [5, 5.41) is 0. The van der Waals surface area contributed by atoms with E-state index in [1.54, 1.807) is 38.1 Å². The molecule has 0 bridgehead atoms. The Morgan fingerprint density at radius 3 is 2.39 bits per heavy atom. The molecule has 1 aromatic heterocycles. The predicted molar refractivity (Wildman–Crippen MR) is 173 cm³/mol. The molecule has 1 aliphatic heterocycles. The van der Waals surface area contributed by atoms with Crippen molar-refractivity contribution in [3.8, 4) is 17.2 Å². The van der Waals surface area contributed by atoms with Crippen molar-refractivity contribution < 1.29 is 33.3 Å². The maximum Gasteiger partial charge on any atom is 0.343 e. The second kappa shape index (κ2) is 14.6. The number of methoxy groups -OCH3 is 1. The summed E-state index contributed by atoms with van der Waals surface area (Å²) in [4.78, 5) is 44.1. The van der Waals surface area contributed by atoms with Crippen LogP contribution >= 0.6 is 43.2 Å². The summed E-state index contributed by atoms with van der Waals surface area (Å²) < 4.78 is 30.8. The number of hydrogen-bond donors (Lipinski definition) is 0. The smallest absolute Gasteiger partial charge is 0.343 e. The Morgan fingerprint density at radius 2 is 1.77 bits per heavy atom. The van der Waals surface area contributed by atoms with Crippen molar-refractivity contribution in [2.45, 2.75) is 46.8 Å². The molecular formula is C31H32Br2N2O8S.